The van der Waals surface area contributed by atoms with Crippen LogP contribution in [0.15, 0.2) is 54.6 Å². The summed E-state index contributed by atoms with van der Waals surface area (Å²) in [4.78, 5) is 13.4. The van der Waals surface area contributed by atoms with E-state index >= 15 is 0 Å². The predicted molar refractivity (Wildman–Crippen MR) is 69.9 cm³/mol. The summed E-state index contributed by atoms with van der Waals surface area (Å²) < 4.78 is 0. The predicted octanol–water partition coefficient (Wildman–Crippen LogP) is 3.06. The van der Waals surface area contributed by atoms with Gasteiger partial charge in [0.05, 0.1) is 0 Å². The zero-order chi connectivity index (χ0) is 12.3. The van der Waals surface area contributed by atoms with Gasteiger partial charge in [-0.3, -0.25) is 4.79 Å². The van der Waals surface area contributed by atoms with Gasteiger partial charge in [-0.25, -0.2) is 0 Å². The van der Waals surface area contributed by atoms with Crippen LogP contribution in [0, 0.1) is 0 Å². The third-order valence-electron chi connectivity index (χ3n) is 2.62. The summed E-state index contributed by atoms with van der Waals surface area (Å²) in [7, 11) is 3.52. The van der Waals surface area contributed by atoms with E-state index in [2.05, 4.69) is 0 Å². The van der Waals surface area contributed by atoms with E-state index in [9.17, 15) is 4.79 Å². The smallest absolute Gasteiger partial charge is 0.253 e. The number of nitrogens with zero attached hydrogens (tertiary/aromatic N) is 1. The number of carbonyl (C=O) groups excluding carboxylic acids is 1. The molecule has 0 aromatic heterocycles. The minimum Gasteiger partial charge on any atom is -0.345 e. The number of amides is 1. The van der Waals surface area contributed by atoms with E-state index in [0.29, 0.717) is 0 Å². The summed E-state index contributed by atoms with van der Waals surface area (Å²) in [5.74, 6) is 0.0304. The molecule has 2 heteroatoms. The lowest BCUT2D eigenvalue weighted by Crippen LogP contribution is -2.21. The van der Waals surface area contributed by atoms with Crippen LogP contribution in [-0.4, -0.2) is 24.9 Å². The van der Waals surface area contributed by atoms with Crippen molar-refractivity contribution in [2.24, 2.45) is 0 Å². The van der Waals surface area contributed by atoms with Gasteiger partial charge in [-0.05, 0) is 23.3 Å². The normalized spacial score (nSPS) is 10.0. The van der Waals surface area contributed by atoms with Crippen LogP contribution in [0.4, 0.5) is 0 Å². The molecule has 0 aliphatic heterocycles. The van der Waals surface area contributed by atoms with Gasteiger partial charge in [0.2, 0.25) is 0 Å². The van der Waals surface area contributed by atoms with E-state index in [4.69, 9.17) is 0 Å². The number of carbonyl (C=O) groups is 1. The first-order chi connectivity index (χ1) is 8.18. The van der Waals surface area contributed by atoms with Crippen LogP contribution >= 0.6 is 0 Å². The lowest BCUT2D eigenvalue weighted by Gasteiger charge is -2.11. The molecule has 0 unspecified atom stereocenters. The summed E-state index contributed by atoms with van der Waals surface area (Å²) in [5, 5.41) is 0. The molecule has 0 heterocycles. The van der Waals surface area contributed by atoms with Crippen molar-refractivity contribution < 1.29 is 4.79 Å². The molecule has 0 fully saturated rings. The zero-order valence-electron chi connectivity index (χ0n) is 10.1. The molecule has 86 valence electrons. The van der Waals surface area contributed by atoms with E-state index in [0.717, 1.165) is 16.7 Å². The van der Waals surface area contributed by atoms with Crippen molar-refractivity contribution in [2.75, 3.05) is 14.1 Å². The van der Waals surface area contributed by atoms with Crippen LogP contribution in [0.5, 0.6) is 0 Å². The monoisotopic (exact) mass is 225 g/mol. The standard InChI is InChI=1S/C15H15NO/c1-16(2)15(17)14-10-6-9-13(11-14)12-7-4-3-5-8-12/h3-11H,1-2H3. The Balaban J connectivity index is 2.39. The molecule has 0 atom stereocenters. The van der Waals surface area contributed by atoms with Crippen LogP contribution in [0.3, 0.4) is 0 Å². The summed E-state index contributed by atoms with van der Waals surface area (Å²) in [6.45, 7) is 0. The van der Waals surface area contributed by atoms with Gasteiger partial charge in [0, 0.05) is 19.7 Å². The number of hydrogen-bond acceptors (Lipinski definition) is 1. The highest BCUT2D eigenvalue weighted by Gasteiger charge is 2.08. The van der Waals surface area contributed by atoms with Gasteiger partial charge in [-0.2, -0.15) is 0 Å². The lowest BCUT2D eigenvalue weighted by atomic mass is 10.0. The van der Waals surface area contributed by atoms with Gasteiger partial charge >= 0.3 is 0 Å². The Morgan fingerprint density at radius 3 is 2.18 bits per heavy atom. The molecule has 0 saturated heterocycles. The maximum absolute atomic E-state index is 11.9. The van der Waals surface area contributed by atoms with Crippen LogP contribution in [0.25, 0.3) is 11.1 Å². The number of rotatable bonds is 2. The molecule has 0 radical (unpaired) electrons. The van der Waals surface area contributed by atoms with Crippen molar-refractivity contribution in [2.45, 2.75) is 0 Å². The van der Waals surface area contributed by atoms with Gasteiger partial charge in [-0.15, -0.1) is 0 Å². The van der Waals surface area contributed by atoms with Crippen LogP contribution in [-0.2, 0) is 0 Å². The number of benzene rings is 2. The third-order valence-corrected chi connectivity index (χ3v) is 2.62. The van der Waals surface area contributed by atoms with Crippen LogP contribution < -0.4 is 0 Å². The highest BCUT2D eigenvalue weighted by atomic mass is 16.2. The van der Waals surface area contributed by atoms with Gasteiger partial charge in [-0.1, -0.05) is 42.5 Å². The molecule has 0 aliphatic carbocycles. The Labute approximate surface area is 102 Å². The first-order valence-corrected chi connectivity index (χ1v) is 5.55. The quantitative estimate of drug-likeness (QED) is 0.769. The summed E-state index contributed by atoms with van der Waals surface area (Å²) in [6.07, 6.45) is 0. The maximum atomic E-state index is 11.9. The van der Waals surface area contributed by atoms with Gasteiger partial charge < -0.3 is 4.90 Å². The maximum Gasteiger partial charge on any atom is 0.253 e. The minimum atomic E-state index is 0.0304. The SMILES string of the molecule is CN(C)C(=O)c1cccc(-c2ccccc2)c1. The highest BCUT2D eigenvalue weighted by molar-refractivity contribution is 5.95. The van der Waals surface area contributed by atoms with E-state index in [1.807, 2.05) is 54.6 Å². The molecule has 1 amide bonds. The van der Waals surface area contributed by atoms with Crippen molar-refractivity contribution in [3.05, 3.63) is 60.2 Å². The molecule has 2 aromatic rings. The molecular weight excluding hydrogens is 210 g/mol. The molecular formula is C15H15NO. The summed E-state index contributed by atoms with van der Waals surface area (Å²) >= 11 is 0. The molecule has 0 bridgehead atoms. The van der Waals surface area contributed by atoms with Crippen molar-refractivity contribution >= 4 is 5.91 Å². The first kappa shape index (κ1) is 11.4. The van der Waals surface area contributed by atoms with Gasteiger partial charge in [0.1, 0.15) is 0 Å². The second kappa shape index (κ2) is 4.83. The second-order valence-electron chi connectivity index (χ2n) is 4.15. The molecule has 0 spiro atoms. The van der Waals surface area contributed by atoms with Crippen molar-refractivity contribution in [3.8, 4) is 11.1 Å². The fourth-order valence-electron chi connectivity index (χ4n) is 1.72. The Bertz CT molecular complexity index is 517. The van der Waals surface area contributed by atoms with Crippen molar-refractivity contribution in [1.82, 2.24) is 4.90 Å². The topological polar surface area (TPSA) is 20.3 Å². The Morgan fingerprint density at radius 2 is 1.53 bits per heavy atom. The zero-order valence-corrected chi connectivity index (χ0v) is 10.1. The highest BCUT2D eigenvalue weighted by Crippen LogP contribution is 2.20. The lowest BCUT2D eigenvalue weighted by molar-refractivity contribution is 0.0827. The largest absolute Gasteiger partial charge is 0.345 e. The van der Waals surface area contributed by atoms with Crippen LogP contribution in [0.1, 0.15) is 10.4 Å². The summed E-state index contributed by atoms with van der Waals surface area (Å²) in [5.41, 5.74) is 2.91. The second-order valence-corrected chi connectivity index (χ2v) is 4.15. The number of hydrogen-bond donors (Lipinski definition) is 0. The molecule has 17 heavy (non-hydrogen) atoms. The van der Waals surface area contributed by atoms with Gasteiger partial charge in [0.25, 0.3) is 5.91 Å². The molecule has 2 aromatic carbocycles. The minimum absolute atomic E-state index is 0.0304. The summed E-state index contributed by atoms with van der Waals surface area (Å²) in [6, 6.07) is 17.8. The van der Waals surface area contributed by atoms with E-state index in [1.54, 1.807) is 19.0 Å². The average molecular weight is 225 g/mol. The van der Waals surface area contributed by atoms with Crippen LogP contribution in [0.2, 0.25) is 0 Å². The average Bonchev–Trinajstić information content (AvgIpc) is 2.39. The first-order valence-electron chi connectivity index (χ1n) is 5.55. The van der Waals surface area contributed by atoms with E-state index in [1.165, 1.54) is 0 Å². The Hall–Kier alpha value is -2.09. The van der Waals surface area contributed by atoms with Crippen molar-refractivity contribution in [3.63, 3.8) is 0 Å². The third kappa shape index (κ3) is 2.53. The fraction of sp³-hybridized carbons (Fsp3) is 0.133. The molecule has 0 N–H and O–H groups in total. The van der Waals surface area contributed by atoms with Gasteiger partial charge in [0.15, 0.2) is 0 Å². The molecule has 2 rings (SSSR count). The Morgan fingerprint density at radius 1 is 0.882 bits per heavy atom. The van der Waals surface area contributed by atoms with Crippen molar-refractivity contribution in [1.29, 1.82) is 0 Å². The fourth-order valence-corrected chi connectivity index (χ4v) is 1.72. The molecule has 0 aliphatic rings. The molecule has 0 saturated carbocycles. The van der Waals surface area contributed by atoms with E-state index < -0.39 is 0 Å². The van der Waals surface area contributed by atoms with E-state index in [-0.39, 0.29) is 5.91 Å². The Kier molecular flexibility index (Phi) is 3.24. The molecule has 2 nitrogen and oxygen atoms in total.